The van der Waals surface area contributed by atoms with Crippen molar-refractivity contribution in [2.45, 2.75) is 19.3 Å². The van der Waals surface area contributed by atoms with Crippen molar-refractivity contribution in [2.75, 3.05) is 25.5 Å². The van der Waals surface area contributed by atoms with Crippen LogP contribution in [0.2, 0.25) is 0 Å². The third-order valence-corrected chi connectivity index (χ3v) is 7.71. The zero-order valence-electron chi connectivity index (χ0n) is 22.3. The van der Waals surface area contributed by atoms with Crippen molar-refractivity contribution >= 4 is 74.8 Å². The number of hydrogen-bond donors (Lipinski definition) is 2. The van der Waals surface area contributed by atoms with E-state index in [1.54, 1.807) is 48.7 Å². The van der Waals surface area contributed by atoms with Gasteiger partial charge in [-0.2, -0.15) is 0 Å². The predicted octanol–water partition coefficient (Wildman–Crippen LogP) is 5.73. The van der Waals surface area contributed by atoms with Crippen molar-refractivity contribution in [3.05, 3.63) is 82.6 Å². The van der Waals surface area contributed by atoms with Crippen LogP contribution in [-0.2, 0) is 16.0 Å². The summed E-state index contributed by atoms with van der Waals surface area (Å²) in [5.41, 5.74) is 1.98. The molecular weight excluding hydrogens is 603 g/mol. The first-order valence-corrected chi connectivity index (χ1v) is 14.0. The average molecular weight is 629 g/mol. The first-order chi connectivity index (χ1) is 19.8. The molecule has 3 heterocycles. The lowest BCUT2D eigenvalue weighted by Crippen LogP contribution is -2.35. The van der Waals surface area contributed by atoms with Crippen LogP contribution in [0, 0.1) is 5.82 Å². The Hall–Kier alpha value is -4.13. The maximum atomic E-state index is 15.0. The smallest absolute Gasteiger partial charge is 0.337 e. The third kappa shape index (κ3) is 7.19. The number of amides is 2. The maximum absolute atomic E-state index is 15.0. The fourth-order valence-corrected chi connectivity index (χ4v) is 5.62. The quantitative estimate of drug-likeness (QED) is 0.197. The lowest BCUT2D eigenvalue weighted by molar-refractivity contribution is -0.119. The molecule has 0 aliphatic carbocycles. The van der Waals surface area contributed by atoms with Gasteiger partial charge in [-0.05, 0) is 61.0 Å². The minimum Gasteiger partial charge on any atom is -0.465 e. The molecule has 218 valence electrons. The van der Waals surface area contributed by atoms with E-state index >= 15 is 0 Å². The number of nitrogens with one attached hydrogen (secondary N) is 2. The number of likely N-dealkylation sites (tertiary alicyclic amines) is 1. The molecule has 5 rings (SSSR count). The fourth-order valence-electron chi connectivity index (χ4n) is 4.35. The van der Waals surface area contributed by atoms with E-state index in [0.717, 1.165) is 25.9 Å². The normalized spacial score (nSPS) is 12.4. The third-order valence-electron chi connectivity index (χ3n) is 6.38. The standard InChI is InChI=1S/C29H25FN4O5S2.ClH/c1-38-28(37)18-6-4-17(5-7-18)14-25(35)33-29(40)32-19-8-9-22(20(30)15-19)39-23-10-11-31-21-16-24(41-26(21)23)27(36)34-12-2-3-13-34;/h4-11,15-16H,2-3,12-14H2,1H3,(H2,32,33,35,40);1H. The SMILES string of the molecule is COC(=O)c1ccc(CC(=O)NC(=S)Nc2ccc(Oc3ccnc4cc(C(=O)N5CCCC5)sc34)c(F)c2)cc1.Cl. The van der Waals surface area contributed by atoms with Gasteiger partial charge in [-0.15, -0.1) is 23.7 Å². The van der Waals surface area contributed by atoms with Gasteiger partial charge in [-0.1, -0.05) is 12.1 Å². The van der Waals surface area contributed by atoms with Gasteiger partial charge in [0.25, 0.3) is 5.91 Å². The molecule has 0 unspecified atom stereocenters. The Bertz CT molecular complexity index is 1640. The van der Waals surface area contributed by atoms with Crippen molar-refractivity contribution in [2.24, 2.45) is 0 Å². The highest BCUT2D eigenvalue weighted by atomic mass is 35.5. The number of hydrogen-bond acceptors (Lipinski definition) is 8. The van der Waals surface area contributed by atoms with Gasteiger partial charge in [0.05, 0.1) is 34.2 Å². The van der Waals surface area contributed by atoms with E-state index in [9.17, 15) is 18.8 Å². The molecule has 9 nitrogen and oxygen atoms in total. The van der Waals surface area contributed by atoms with Gasteiger partial charge in [-0.3, -0.25) is 14.6 Å². The molecule has 2 N–H and O–H groups in total. The average Bonchev–Trinajstić information content (AvgIpc) is 3.65. The summed E-state index contributed by atoms with van der Waals surface area (Å²) in [6, 6.07) is 14.0. The molecule has 1 aliphatic heterocycles. The Morgan fingerprint density at radius 2 is 1.79 bits per heavy atom. The number of anilines is 1. The second-order valence-corrected chi connectivity index (χ2v) is 10.7. The number of fused-ring (bicyclic) bond motifs is 1. The van der Waals surface area contributed by atoms with Gasteiger partial charge in [0.1, 0.15) is 5.75 Å². The number of rotatable bonds is 7. The fraction of sp³-hybridized carbons (Fsp3) is 0.207. The number of halogens is 2. The molecule has 1 aliphatic rings. The molecule has 13 heteroatoms. The summed E-state index contributed by atoms with van der Waals surface area (Å²) in [6.45, 7) is 1.49. The van der Waals surface area contributed by atoms with Crippen LogP contribution in [0.3, 0.4) is 0 Å². The van der Waals surface area contributed by atoms with Crippen molar-refractivity contribution in [3.8, 4) is 11.5 Å². The number of thiocarbonyl (C=S) groups is 1. The van der Waals surface area contributed by atoms with Crippen molar-refractivity contribution in [3.63, 3.8) is 0 Å². The summed E-state index contributed by atoms with van der Waals surface area (Å²) in [7, 11) is 1.29. The molecule has 0 bridgehead atoms. The first-order valence-electron chi connectivity index (χ1n) is 12.7. The Kier molecular flexibility index (Phi) is 10.0. The number of benzene rings is 2. The summed E-state index contributed by atoms with van der Waals surface area (Å²) in [4.78, 5) is 43.5. The minimum absolute atomic E-state index is 0. The van der Waals surface area contributed by atoms with Crippen LogP contribution in [0.4, 0.5) is 10.1 Å². The number of ether oxygens (including phenoxy) is 2. The molecular formula is C29H26ClFN4O5S2. The Morgan fingerprint density at radius 1 is 1.05 bits per heavy atom. The number of thiophene rings is 1. The van der Waals surface area contributed by atoms with Crippen LogP contribution in [0.1, 0.15) is 38.4 Å². The Morgan fingerprint density at radius 3 is 2.48 bits per heavy atom. The summed E-state index contributed by atoms with van der Waals surface area (Å²) < 4.78 is 26.2. The van der Waals surface area contributed by atoms with Crippen LogP contribution in [0.5, 0.6) is 11.5 Å². The van der Waals surface area contributed by atoms with Crippen molar-refractivity contribution in [1.82, 2.24) is 15.2 Å². The van der Waals surface area contributed by atoms with Crippen molar-refractivity contribution < 1.29 is 28.2 Å². The number of methoxy groups -OCH3 is 1. The molecule has 0 radical (unpaired) electrons. The molecule has 42 heavy (non-hydrogen) atoms. The van der Waals surface area contributed by atoms with E-state index in [4.69, 9.17) is 17.0 Å². The monoisotopic (exact) mass is 628 g/mol. The van der Waals surface area contributed by atoms with E-state index < -0.39 is 11.8 Å². The molecule has 4 aromatic rings. The van der Waals surface area contributed by atoms with Crippen LogP contribution >= 0.6 is 36.0 Å². The minimum atomic E-state index is -0.648. The lowest BCUT2D eigenvalue weighted by atomic mass is 10.1. The molecule has 0 atom stereocenters. The van der Waals surface area contributed by atoms with E-state index in [1.165, 1.54) is 30.6 Å². The largest absolute Gasteiger partial charge is 0.465 e. The molecule has 1 fully saturated rings. The summed E-state index contributed by atoms with van der Waals surface area (Å²) in [5.74, 6) is -1.15. The Balaban J connectivity index is 0.00000405. The summed E-state index contributed by atoms with van der Waals surface area (Å²) in [6.07, 6.45) is 3.58. The second kappa shape index (κ2) is 13.7. The Labute approximate surface area is 256 Å². The molecule has 0 spiro atoms. The number of pyridine rings is 1. The maximum Gasteiger partial charge on any atom is 0.337 e. The number of carbonyl (C=O) groups is 3. The predicted molar refractivity (Wildman–Crippen MR) is 164 cm³/mol. The zero-order chi connectivity index (χ0) is 28.9. The van der Waals surface area contributed by atoms with Crippen LogP contribution in [-0.4, -0.2) is 53.0 Å². The molecule has 2 aromatic carbocycles. The van der Waals surface area contributed by atoms with Gasteiger partial charge < -0.3 is 25.0 Å². The van der Waals surface area contributed by atoms with Gasteiger partial charge >= 0.3 is 5.97 Å². The van der Waals surface area contributed by atoms with E-state index in [2.05, 4.69) is 20.4 Å². The molecule has 2 aromatic heterocycles. The summed E-state index contributed by atoms with van der Waals surface area (Å²) >= 11 is 6.47. The number of nitrogens with zero attached hydrogens (tertiary/aromatic N) is 2. The highest BCUT2D eigenvalue weighted by molar-refractivity contribution is 7.80. The van der Waals surface area contributed by atoms with E-state index in [-0.39, 0.29) is 41.5 Å². The lowest BCUT2D eigenvalue weighted by Gasteiger charge is -2.13. The van der Waals surface area contributed by atoms with Crippen molar-refractivity contribution in [1.29, 1.82) is 0 Å². The van der Waals surface area contributed by atoms with Crippen LogP contribution in [0.25, 0.3) is 10.2 Å². The van der Waals surface area contributed by atoms with E-state index in [0.29, 0.717) is 37.7 Å². The summed E-state index contributed by atoms with van der Waals surface area (Å²) in [5, 5.41) is 5.34. The number of aromatic nitrogens is 1. The highest BCUT2D eigenvalue weighted by Crippen LogP contribution is 2.36. The van der Waals surface area contributed by atoms with Crippen LogP contribution < -0.4 is 15.4 Å². The van der Waals surface area contributed by atoms with Gasteiger partial charge in [-0.25, -0.2) is 9.18 Å². The molecule has 2 amide bonds. The number of esters is 1. The van der Waals surface area contributed by atoms with E-state index in [1.807, 2.05) is 4.90 Å². The van der Waals surface area contributed by atoms with Gasteiger partial charge in [0.15, 0.2) is 16.7 Å². The highest BCUT2D eigenvalue weighted by Gasteiger charge is 2.23. The molecule has 1 saturated heterocycles. The topological polar surface area (TPSA) is 110 Å². The van der Waals surface area contributed by atoms with Gasteiger partial charge in [0, 0.05) is 37.1 Å². The van der Waals surface area contributed by atoms with Crippen LogP contribution in [0.15, 0.2) is 60.8 Å². The second-order valence-electron chi connectivity index (χ2n) is 9.25. The number of carbonyl (C=O) groups excluding carboxylic acids is 3. The first kappa shape index (κ1) is 30.8. The van der Waals surface area contributed by atoms with Gasteiger partial charge in [0.2, 0.25) is 5.91 Å². The molecule has 0 saturated carbocycles. The zero-order valence-corrected chi connectivity index (χ0v) is 24.8.